The number of nitrogens with zero attached hydrogens (tertiary/aromatic N) is 2. The molecule has 1 fully saturated rings. The Kier molecular flexibility index (Phi) is 5.42. The van der Waals surface area contributed by atoms with Crippen LogP contribution < -0.4 is 0 Å². The molecule has 0 unspecified atom stereocenters. The van der Waals surface area contributed by atoms with E-state index < -0.39 is 10.0 Å². The van der Waals surface area contributed by atoms with Gasteiger partial charge in [-0.25, -0.2) is 8.42 Å². The molecule has 2 rings (SSSR count). The number of aryl methyl sites for hydroxylation is 3. The number of hydrogen-bond donors (Lipinski definition) is 0. The standard InChI is InChI=1S/C17H26N2O2S/c1-5-7-18-8-6-9-19(11-10-18)22(20,21)17-15(3)12-14(2)13-16(17)4/h5,12-13H,1,6-11H2,2-4H3. The van der Waals surface area contributed by atoms with Crippen LogP contribution in [0.2, 0.25) is 0 Å². The van der Waals surface area contributed by atoms with E-state index in [-0.39, 0.29) is 0 Å². The van der Waals surface area contributed by atoms with Gasteiger partial charge in [0, 0.05) is 26.2 Å². The van der Waals surface area contributed by atoms with Gasteiger partial charge >= 0.3 is 0 Å². The molecule has 0 spiro atoms. The summed E-state index contributed by atoms with van der Waals surface area (Å²) >= 11 is 0. The molecule has 0 radical (unpaired) electrons. The van der Waals surface area contributed by atoms with Crippen LogP contribution in [0.15, 0.2) is 29.7 Å². The van der Waals surface area contributed by atoms with Crippen molar-refractivity contribution in [2.24, 2.45) is 0 Å². The first kappa shape index (κ1) is 17.2. The minimum absolute atomic E-state index is 0.482. The minimum Gasteiger partial charge on any atom is -0.298 e. The first-order valence-corrected chi connectivity index (χ1v) is 9.21. The van der Waals surface area contributed by atoms with Crippen molar-refractivity contribution in [2.45, 2.75) is 32.1 Å². The summed E-state index contributed by atoms with van der Waals surface area (Å²) in [6.07, 6.45) is 2.73. The molecule has 4 nitrogen and oxygen atoms in total. The van der Waals surface area contributed by atoms with Crippen molar-refractivity contribution in [3.8, 4) is 0 Å². The van der Waals surface area contributed by atoms with Gasteiger partial charge in [-0.3, -0.25) is 4.90 Å². The zero-order valence-corrected chi connectivity index (χ0v) is 14.6. The van der Waals surface area contributed by atoms with Crippen LogP contribution in [0.4, 0.5) is 0 Å². The van der Waals surface area contributed by atoms with Gasteiger partial charge in [-0.15, -0.1) is 6.58 Å². The summed E-state index contributed by atoms with van der Waals surface area (Å²) < 4.78 is 27.7. The lowest BCUT2D eigenvalue weighted by Gasteiger charge is -2.23. The Hall–Kier alpha value is -1.17. The van der Waals surface area contributed by atoms with E-state index in [1.807, 2.05) is 39.0 Å². The van der Waals surface area contributed by atoms with E-state index in [1.54, 1.807) is 4.31 Å². The average Bonchev–Trinajstić information content (AvgIpc) is 2.63. The van der Waals surface area contributed by atoms with E-state index in [1.165, 1.54) is 0 Å². The van der Waals surface area contributed by atoms with Gasteiger partial charge in [0.1, 0.15) is 0 Å². The highest BCUT2D eigenvalue weighted by Gasteiger charge is 2.29. The Morgan fingerprint density at radius 3 is 2.32 bits per heavy atom. The zero-order valence-electron chi connectivity index (χ0n) is 13.8. The van der Waals surface area contributed by atoms with E-state index in [0.717, 1.165) is 42.7 Å². The fraction of sp³-hybridized carbons (Fsp3) is 0.529. The van der Waals surface area contributed by atoms with Gasteiger partial charge in [-0.1, -0.05) is 23.8 Å². The van der Waals surface area contributed by atoms with E-state index in [0.29, 0.717) is 18.0 Å². The van der Waals surface area contributed by atoms with Crippen molar-refractivity contribution in [2.75, 3.05) is 32.7 Å². The fourth-order valence-corrected chi connectivity index (χ4v) is 5.14. The smallest absolute Gasteiger partial charge is 0.243 e. The molecule has 122 valence electrons. The van der Waals surface area contributed by atoms with Crippen molar-refractivity contribution in [3.05, 3.63) is 41.5 Å². The Bertz CT molecular complexity index is 630. The van der Waals surface area contributed by atoms with Crippen LogP contribution in [0.5, 0.6) is 0 Å². The van der Waals surface area contributed by atoms with Gasteiger partial charge in [0.15, 0.2) is 0 Å². The predicted octanol–water partition coefficient (Wildman–Crippen LogP) is 2.49. The van der Waals surface area contributed by atoms with Gasteiger partial charge in [-0.2, -0.15) is 4.31 Å². The third kappa shape index (κ3) is 3.59. The molecular formula is C17H26N2O2S. The summed E-state index contributed by atoms with van der Waals surface area (Å²) in [5.41, 5.74) is 2.77. The van der Waals surface area contributed by atoms with Crippen molar-refractivity contribution < 1.29 is 8.42 Å². The third-order valence-corrected chi connectivity index (χ3v) is 6.34. The summed E-state index contributed by atoms with van der Waals surface area (Å²) in [5, 5.41) is 0. The van der Waals surface area contributed by atoms with E-state index in [9.17, 15) is 8.42 Å². The summed E-state index contributed by atoms with van der Waals surface area (Å²) in [5.74, 6) is 0. The zero-order chi connectivity index (χ0) is 16.3. The van der Waals surface area contributed by atoms with Crippen LogP contribution in [-0.2, 0) is 10.0 Å². The molecule has 1 aliphatic heterocycles. The Balaban J connectivity index is 2.29. The van der Waals surface area contributed by atoms with E-state index in [4.69, 9.17) is 0 Å². The topological polar surface area (TPSA) is 40.6 Å². The quantitative estimate of drug-likeness (QED) is 0.800. The van der Waals surface area contributed by atoms with Gasteiger partial charge in [0.25, 0.3) is 0 Å². The molecule has 1 aromatic rings. The van der Waals surface area contributed by atoms with Crippen LogP contribution >= 0.6 is 0 Å². The SMILES string of the molecule is C=CCN1CCCN(S(=O)(=O)c2c(C)cc(C)cc2C)CC1. The van der Waals surface area contributed by atoms with E-state index in [2.05, 4.69) is 11.5 Å². The molecule has 0 atom stereocenters. The second kappa shape index (κ2) is 6.94. The van der Waals surface area contributed by atoms with Crippen LogP contribution in [0.1, 0.15) is 23.1 Å². The molecule has 1 saturated heterocycles. The van der Waals surface area contributed by atoms with E-state index >= 15 is 0 Å². The lowest BCUT2D eigenvalue weighted by atomic mass is 10.1. The summed E-state index contributed by atoms with van der Waals surface area (Å²) in [4.78, 5) is 2.73. The highest BCUT2D eigenvalue weighted by atomic mass is 32.2. The average molecular weight is 322 g/mol. The third-order valence-electron chi connectivity index (χ3n) is 4.14. The number of sulfonamides is 1. The largest absolute Gasteiger partial charge is 0.298 e. The van der Waals surface area contributed by atoms with Gasteiger partial charge in [0.05, 0.1) is 4.90 Å². The van der Waals surface area contributed by atoms with Crippen molar-refractivity contribution in [1.29, 1.82) is 0 Å². The summed E-state index contributed by atoms with van der Waals surface area (Å²) in [6.45, 7) is 13.1. The molecule has 0 saturated carbocycles. The van der Waals surface area contributed by atoms with Gasteiger partial charge in [0.2, 0.25) is 10.0 Å². The molecule has 1 aromatic carbocycles. The van der Waals surface area contributed by atoms with Crippen molar-refractivity contribution in [3.63, 3.8) is 0 Å². The molecule has 0 aromatic heterocycles. The fourth-order valence-electron chi connectivity index (χ4n) is 3.26. The second-order valence-electron chi connectivity index (χ2n) is 6.07. The number of rotatable bonds is 4. The molecule has 5 heteroatoms. The number of hydrogen-bond acceptors (Lipinski definition) is 3. The predicted molar refractivity (Wildman–Crippen MR) is 90.7 cm³/mol. The molecule has 0 aliphatic carbocycles. The Morgan fingerprint density at radius 2 is 1.73 bits per heavy atom. The Morgan fingerprint density at radius 1 is 1.09 bits per heavy atom. The van der Waals surface area contributed by atoms with Crippen LogP contribution in [-0.4, -0.2) is 50.3 Å². The van der Waals surface area contributed by atoms with Crippen LogP contribution in [0.25, 0.3) is 0 Å². The first-order valence-electron chi connectivity index (χ1n) is 7.77. The van der Waals surface area contributed by atoms with Crippen molar-refractivity contribution in [1.82, 2.24) is 9.21 Å². The first-order chi connectivity index (χ1) is 10.4. The molecule has 0 N–H and O–H groups in total. The Labute approximate surface area is 134 Å². The molecule has 22 heavy (non-hydrogen) atoms. The summed E-state index contributed by atoms with van der Waals surface area (Å²) in [7, 11) is -3.42. The monoisotopic (exact) mass is 322 g/mol. The van der Waals surface area contributed by atoms with Crippen LogP contribution in [0.3, 0.4) is 0 Å². The molecule has 0 bridgehead atoms. The second-order valence-corrected chi connectivity index (χ2v) is 7.95. The molecule has 1 aliphatic rings. The molecule has 1 heterocycles. The van der Waals surface area contributed by atoms with Crippen LogP contribution in [0, 0.1) is 20.8 Å². The minimum atomic E-state index is -3.42. The summed E-state index contributed by atoms with van der Waals surface area (Å²) in [6, 6.07) is 3.89. The number of benzene rings is 1. The normalized spacial score (nSPS) is 18.1. The maximum absolute atomic E-state index is 13.0. The lowest BCUT2D eigenvalue weighted by molar-refractivity contribution is 0.316. The highest BCUT2D eigenvalue weighted by Crippen LogP contribution is 2.26. The highest BCUT2D eigenvalue weighted by molar-refractivity contribution is 7.89. The molecule has 0 amide bonds. The van der Waals surface area contributed by atoms with Gasteiger partial charge < -0.3 is 0 Å². The maximum Gasteiger partial charge on any atom is 0.243 e. The molecular weight excluding hydrogens is 296 g/mol. The van der Waals surface area contributed by atoms with Crippen molar-refractivity contribution >= 4 is 10.0 Å². The maximum atomic E-state index is 13.0. The van der Waals surface area contributed by atoms with Gasteiger partial charge in [-0.05, 0) is 44.9 Å². The lowest BCUT2D eigenvalue weighted by Crippen LogP contribution is -2.36.